The van der Waals surface area contributed by atoms with Crippen LogP contribution in [0, 0.1) is 11.3 Å². The van der Waals surface area contributed by atoms with E-state index in [0.717, 1.165) is 16.3 Å². The van der Waals surface area contributed by atoms with Gasteiger partial charge in [-0.05, 0) is 16.8 Å². The molecule has 0 fully saturated rings. The Kier molecular flexibility index (Phi) is 4.30. The Morgan fingerprint density at radius 3 is 2.95 bits per heavy atom. The van der Waals surface area contributed by atoms with Crippen LogP contribution in [0.1, 0.15) is 12.0 Å². The molecule has 0 radical (unpaired) electrons. The SMILES string of the molecule is COc1ccc2ccccc2c1/C=N/NC(=O)CC#N. The minimum absolute atomic E-state index is 0.218. The highest BCUT2D eigenvalue weighted by Crippen LogP contribution is 2.26. The molecule has 5 nitrogen and oxygen atoms in total. The predicted molar refractivity (Wildman–Crippen MR) is 76.5 cm³/mol. The lowest BCUT2D eigenvalue weighted by Gasteiger charge is -2.08. The highest BCUT2D eigenvalue weighted by molar-refractivity contribution is 6.02. The summed E-state index contributed by atoms with van der Waals surface area (Å²) >= 11 is 0. The number of nitrogens with one attached hydrogen (secondary N) is 1. The molecule has 0 aromatic heterocycles. The number of ether oxygens (including phenoxy) is 1. The summed E-state index contributed by atoms with van der Waals surface area (Å²) in [5.41, 5.74) is 3.08. The number of benzene rings is 2. The van der Waals surface area contributed by atoms with Crippen molar-refractivity contribution in [1.29, 1.82) is 5.26 Å². The molecule has 0 saturated carbocycles. The van der Waals surface area contributed by atoms with Crippen LogP contribution in [0.3, 0.4) is 0 Å². The third-order valence-corrected chi connectivity index (χ3v) is 2.77. The summed E-state index contributed by atoms with van der Waals surface area (Å²) in [4.78, 5) is 11.2. The Morgan fingerprint density at radius 1 is 1.40 bits per heavy atom. The highest BCUT2D eigenvalue weighted by atomic mass is 16.5. The molecule has 0 heterocycles. The van der Waals surface area contributed by atoms with E-state index in [1.54, 1.807) is 13.2 Å². The van der Waals surface area contributed by atoms with E-state index in [2.05, 4.69) is 10.5 Å². The molecule has 0 aliphatic heterocycles. The molecule has 2 aromatic carbocycles. The van der Waals surface area contributed by atoms with Crippen molar-refractivity contribution in [2.75, 3.05) is 7.11 Å². The number of carbonyl (C=O) groups excluding carboxylic acids is 1. The van der Waals surface area contributed by atoms with Crippen molar-refractivity contribution < 1.29 is 9.53 Å². The fourth-order valence-electron chi connectivity index (χ4n) is 1.87. The molecule has 0 spiro atoms. The second kappa shape index (κ2) is 6.34. The summed E-state index contributed by atoms with van der Waals surface area (Å²) < 4.78 is 5.30. The lowest BCUT2D eigenvalue weighted by atomic mass is 10.0. The van der Waals surface area contributed by atoms with E-state index in [9.17, 15) is 4.79 Å². The molecule has 0 aliphatic rings. The number of hydrogen-bond acceptors (Lipinski definition) is 4. The number of amides is 1. The van der Waals surface area contributed by atoms with Gasteiger partial charge in [-0.15, -0.1) is 0 Å². The first-order valence-electron chi connectivity index (χ1n) is 6.01. The first-order chi connectivity index (χ1) is 9.76. The minimum atomic E-state index is -0.442. The van der Waals surface area contributed by atoms with Crippen molar-refractivity contribution in [3.63, 3.8) is 0 Å². The quantitative estimate of drug-likeness (QED) is 0.681. The van der Waals surface area contributed by atoms with Gasteiger partial charge >= 0.3 is 0 Å². The van der Waals surface area contributed by atoms with Crippen LogP contribution in [0.25, 0.3) is 10.8 Å². The molecule has 0 atom stereocenters. The zero-order valence-corrected chi connectivity index (χ0v) is 11.0. The lowest BCUT2D eigenvalue weighted by molar-refractivity contribution is -0.120. The number of nitrogens with zero attached hydrogens (tertiary/aromatic N) is 2. The molecule has 1 N–H and O–H groups in total. The second-order valence-electron chi connectivity index (χ2n) is 4.03. The standard InChI is InChI=1S/C15H13N3O2/c1-20-14-7-6-11-4-2-3-5-12(11)13(14)10-17-18-15(19)8-9-16/h2-7,10H,8H2,1H3,(H,18,19)/b17-10+. The van der Waals surface area contributed by atoms with E-state index in [0.29, 0.717) is 5.75 Å². The van der Waals surface area contributed by atoms with E-state index in [-0.39, 0.29) is 6.42 Å². The van der Waals surface area contributed by atoms with Gasteiger partial charge in [-0.25, -0.2) is 5.43 Å². The molecular weight excluding hydrogens is 254 g/mol. The average Bonchev–Trinajstić information content (AvgIpc) is 2.47. The van der Waals surface area contributed by atoms with Crippen molar-refractivity contribution in [1.82, 2.24) is 5.43 Å². The van der Waals surface area contributed by atoms with Gasteiger partial charge in [0.05, 0.1) is 19.4 Å². The third kappa shape index (κ3) is 2.93. The number of nitriles is 1. The van der Waals surface area contributed by atoms with Crippen molar-refractivity contribution in [3.8, 4) is 11.8 Å². The smallest absolute Gasteiger partial charge is 0.254 e. The molecular formula is C15H13N3O2. The maximum Gasteiger partial charge on any atom is 0.254 e. The molecule has 2 rings (SSSR count). The molecule has 0 aliphatic carbocycles. The fraction of sp³-hybridized carbons (Fsp3) is 0.133. The van der Waals surface area contributed by atoms with Crippen LogP contribution in [-0.4, -0.2) is 19.2 Å². The van der Waals surface area contributed by atoms with E-state index in [4.69, 9.17) is 10.00 Å². The molecule has 0 saturated heterocycles. The van der Waals surface area contributed by atoms with E-state index in [1.165, 1.54) is 6.21 Å². The van der Waals surface area contributed by atoms with Gasteiger partial charge < -0.3 is 4.74 Å². The van der Waals surface area contributed by atoms with Crippen LogP contribution < -0.4 is 10.2 Å². The van der Waals surface area contributed by atoms with Crippen LogP contribution in [0.15, 0.2) is 41.5 Å². The fourth-order valence-corrected chi connectivity index (χ4v) is 1.87. The molecule has 0 bridgehead atoms. The topological polar surface area (TPSA) is 74.5 Å². The van der Waals surface area contributed by atoms with Crippen molar-refractivity contribution in [3.05, 3.63) is 42.0 Å². The maximum atomic E-state index is 11.2. The summed E-state index contributed by atoms with van der Waals surface area (Å²) in [6.45, 7) is 0. The Labute approximate surface area is 116 Å². The summed E-state index contributed by atoms with van der Waals surface area (Å²) in [6.07, 6.45) is 1.31. The highest BCUT2D eigenvalue weighted by Gasteiger charge is 2.06. The second-order valence-corrected chi connectivity index (χ2v) is 4.03. The third-order valence-electron chi connectivity index (χ3n) is 2.77. The lowest BCUT2D eigenvalue weighted by Crippen LogP contribution is -2.16. The van der Waals surface area contributed by atoms with Crippen molar-refractivity contribution >= 4 is 22.9 Å². The maximum absolute atomic E-state index is 11.2. The number of rotatable bonds is 4. The zero-order valence-electron chi connectivity index (χ0n) is 11.0. The monoisotopic (exact) mass is 267 g/mol. The summed E-state index contributed by atoms with van der Waals surface area (Å²) in [5.74, 6) is 0.227. The Balaban J connectivity index is 2.34. The van der Waals surface area contributed by atoms with Crippen LogP contribution in [0.2, 0.25) is 0 Å². The molecule has 2 aromatic rings. The Morgan fingerprint density at radius 2 is 2.20 bits per heavy atom. The summed E-state index contributed by atoms with van der Waals surface area (Å²) in [5, 5.41) is 14.3. The van der Waals surface area contributed by atoms with Gasteiger partial charge in [-0.2, -0.15) is 10.4 Å². The normalized spacial score (nSPS) is 10.4. The molecule has 5 heteroatoms. The Bertz CT molecular complexity index is 702. The molecule has 1 amide bonds. The van der Waals surface area contributed by atoms with Crippen LogP contribution in [-0.2, 0) is 4.79 Å². The van der Waals surface area contributed by atoms with Crippen LogP contribution >= 0.6 is 0 Å². The van der Waals surface area contributed by atoms with E-state index >= 15 is 0 Å². The van der Waals surface area contributed by atoms with Crippen molar-refractivity contribution in [2.45, 2.75) is 6.42 Å². The minimum Gasteiger partial charge on any atom is -0.496 e. The summed E-state index contributed by atoms with van der Waals surface area (Å²) in [7, 11) is 1.58. The van der Waals surface area contributed by atoms with Gasteiger partial charge in [0.15, 0.2) is 0 Å². The van der Waals surface area contributed by atoms with Gasteiger partial charge in [-0.3, -0.25) is 4.79 Å². The number of methoxy groups -OCH3 is 1. The van der Waals surface area contributed by atoms with Gasteiger partial charge in [0, 0.05) is 5.56 Å². The van der Waals surface area contributed by atoms with Crippen LogP contribution in [0.5, 0.6) is 5.75 Å². The van der Waals surface area contributed by atoms with Gasteiger partial charge in [0.25, 0.3) is 5.91 Å². The summed E-state index contributed by atoms with van der Waals surface area (Å²) in [6, 6.07) is 13.4. The number of hydrazone groups is 1. The predicted octanol–water partition coefficient (Wildman–Crippen LogP) is 2.21. The first-order valence-corrected chi connectivity index (χ1v) is 6.01. The van der Waals surface area contributed by atoms with Gasteiger partial charge in [0.1, 0.15) is 12.2 Å². The molecule has 100 valence electrons. The number of hydrogen-bond donors (Lipinski definition) is 1. The van der Waals surface area contributed by atoms with E-state index < -0.39 is 5.91 Å². The average molecular weight is 267 g/mol. The molecule has 20 heavy (non-hydrogen) atoms. The zero-order chi connectivity index (χ0) is 14.4. The first kappa shape index (κ1) is 13.6. The largest absolute Gasteiger partial charge is 0.496 e. The van der Waals surface area contributed by atoms with Crippen LogP contribution in [0.4, 0.5) is 0 Å². The Hall–Kier alpha value is -2.87. The molecule has 0 unspecified atom stereocenters. The number of carbonyl (C=O) groups is 1. The number of fused-ring (bicyclic) bond motifs is 1. The van der Waals surface area contributed by atoms with Gasteiger partial charge in [0.2, 0.25) is 0 Å². The van der Waals surface area contributed by atoms with E-state index in [1.807, 2.05) is 36.4 Å². The van der Waals surface area contributed by atoms with Gasteiger partial charge in [-0.1, -0.05) is 30.3 Å². The van der Waals surface area contributed by atoms with Crippen molar-refractivity contribution in [2.24, 2.45) is 5.10 Å².